The Morgan fingerprint density at radius 1 is 1.25 bits per heavy atom. The molecule has 0 radical (unpaired) electrons. The van der Waals surface area contributed by atoms with E-state index in [-0.39, 0.29) is 0 Å². The lowest BCUT2D eigenvalue weighted by molar-refractivity contribution is -0.137. The van der Waals surface area contributed by atoms with Crippen LogP contribution in [0.3, 0.4) is 0 Å². The average molecular weight is 366 g/mol. The van der Waals surface area contributed by atoms with E-state index in [4.69, 9.17) is 0 Å². The first-order valence-corrected chi connectivity index (χ1v) is 9.04. The highest BCUT2D eigenvalue weighted by Crippen LogP contribution is 2.30. The maximum absolute atomic E-state index is 12.7. The van der Waals surface area contributed by atoms with Gasteiger partial charge in [0, 0.05) is 13.1 Å². The minimum Gasteiger partial charge on any atom is -0.342 e. The first kappa shape index (κ1) is 20.4. The standard InChI is InChI=1S/C15H21F3N2O3S/c1-3-5-9-20(4-2)14(21)11-19-24(22,23)13-8-6-7-12(10-13)15(16,17)18/h6-8,10,19H,3-5,9,11H2,1-2H3. The molecule has 1 aromatic carbocycles. The monoisotopic (exact) mass is 366 g/mol. The van der Waals surface area contributed by atoms with Crippen LogP contribution < -0.4 is 4.72 Å². The van der Waals surface area contributed by atoms with Gasteiger partial charge in [0.1, 0.15) is 0 Å². The summed E-state index contributed by atoms with van der Waals surface area (Å²) in [6, 6.07) is 3.39. The van der Waals surface area contributed by atoms with Crippen LogP contribution in [0.25, 0.3) is 0 Å². The lowest BCUT2D eigenvalue weighted by Crippen LogP contribution is -2.40. The molecule has 1 aromatic rings. The number of nitrogens with zero attached hydrogens (tertiary/aromatic N) is 1. The Hall–Kier alpha value is -1.61. The van der Waals surface area contributed by atoms with Gasteiger partial charge < -0.3 is 4.90 Å². The van der Waals surface area contributed by atoms with Crippen LogP contribution in [0.4, 0.5) is 13.2 Å². The maximum atomic E-state index is 12.7. The number of carbonyl (C=O) groups is 1. The van der Waals surface area contributed by atoms with Crippen molar-refractivity contribution in [1.82, 2.24) is 9.62 Å². The summed E-state index contributed by atoms with van der Waals surface area (Å²) in [5.41, 5.74) is -1.06. The van der Waals surface area contributed by atoms with E-state index in [1.807, 2.05) is 6.92 Å². The number of rotatable bonds is 8. The highest BCUT2D eigenvalue weighted by Gasteiger charge is 2.31. The second-order valence-corrected chi connectivity index (χ2v) is 6.94. The Balaban J connectivity index is 2.82. The first-order valence-electron chi connectivity index (χ1n) is 7.56. The Labute approximate surface area is 139 Å². The van der Waals surface area contributed by atoms with Gasteiger partial charge in [-0.2, -0.15) is 13.2 Å². The predicted octanol–water partition coefficient (Wildman–Crippen LogP) is 2.63. The third kappa shape index (κ3) is 5.79. The zero-order valence-corrected chi connectivity index (χ0v) is 14.4. The zero-order chi connectivity index (χ0) is 18.4. The Bertz CT molecular complexity index is 660. The van der Waals surface area contributed by atoms with Crippen molar-refractivity contribution in [3.8, 4) is 0 Å². The molecular weight excluding hydrogens is 345 g/mol. The number of sulfonamides is 1. The van der Waals surface area contributed by atoms with Crippen LogP contribution in [0, 0.1) is 0 Å². The van der Waals surface area contributed by atoms with Crippen LogP contribution >= 0.6 is 0 Å². The van der Waals surface area contributed by atoms with Gasteiger partial charge in [-0.1, -0.05) is 19.4 Å². The molecule has 0 heterocycles. The van der Waals surface area contributed by atoms with E-state index < -0.39 is 39.1 Å². The quantitative estimate of drug-likeness (QED) is 0.769. The van der Waals surface area contributed by atoms with Crippen molar-refractivity contribution in [3.05, 3.63) is 29.8 Å². The van der Waals surface area contributed by atoms with Crippen molar-refractivity contribution in [2.45, 2.75) is 37.8 Å². The number of benzene rings is 1. The summed E-state index contributed by atoms with van der Waals surface area (Å²) in [4.78, 5) is 13.0. The summed E-state index contributed by atoms with van der Waals surface area (Å²) in [6.07, 6.45) is -2.96. The summed E-state index contributed by atoms with van der Waals surface area (Å²) >= 11 is 0. The Morgan fingerprint density at radius 2 is 1.92 bits per heavy atom. The van der Waals surface area contributed by atoms with E-state index in [0.29, 0.717) is 19.2 Å². The summed E-state index contributed by atoms with van der Waals surface area (Å²) in [5.74, 6) is -0.415. The zero-order valence-electron chi connectivity index (χ0n) is 13.6. The predicted molar refractivity (Wildman–Crippen MR) is 83.8 cm³/mol. The minimum atomic E-state index is -4.64. The molecule has 0 bridgehead atoms. The normalized spacial score (nSPS) is 12.2. The van der Waals surface area contributed by atoms with E-state index in [2.05, 4.69) is 4.72 Å². The van der Waals surface area contributed by atoms with E-state index in [0.717, 1.165) is 31.0 Å². The molecule has 0 fully saturated rings. The van der Waals surface area contributed by atoms with Gasteiger partial charge in [-0.3, -0.25) is 4.79 Å². The van der Waals surface area contributed by atoms with E-state index in [1.54, 1.807) is 6.92 Å². The number of hydrogen-bond donors (Lipinski definition) is 1. The second-order valence-electron chi connectivity index (χ2n) is 5.18. The average Bonchev–Trinajstić information content (AvgIpc) is 2.53. The van der Waals surface area contributed by atoms with Crippen LogP contribution in [-0.4, -0.2) is 38.9 Å². The maximum Gasteiger partial charge on any atom is 0.416 e. The van der Waals surface area contributed by atoms with Gasteiger partial charge in [-0.05, 0) is 31.5 Å². The molecule has 1 N–H and O–H groups in total. The lowest BCUT2D eigenvalue weighted by atomic mass is 10.2. The highest BCUT2D eigenvalue weighted by atomic mass is 32.2. The van der Waals surface area contributed by atoms with E-state index >= 15 is 0 Å². The van der Waals surface area contributed by atoms with Gasteiger partial charge in [-0.25, -0.2) is 13.1 Å². The molecule has 24 heavy (non-hydrogen) atoms. The molecule has 0 aliphatic carbocycles. The van der Waals surface area contributed by atoms with Crippen LogP contribution in [-0.2, 0) is 21.0 Å². The number of alkyl halides is 3. The van der Waals surface area contributed by atoms with Crippen molar-refractivity contribution in [3.63, 3.8) is 0 Å². The summed E-state index contributed by atoms with van der Waals surface area (Å²) < 4.78 is 64.2. The Morgan fingerprint density at radius 3 is 2.46 bits per heavy atom. The molecule has 0 saturated carbocycles. The van der Waals surface area contributed by atoms with Gasteiger partial charge in [0.05, 0.1) is 17.0 Å². The van der Waals surface area contributed by atoms with Gasteiger partial charge in [0.15, 0.2) is 0 Å². The van der Waals surface area contributed by atoms with Gasteiger partial charge in [0.25, 0.3) is 0 Å². The fourth-order valence-corrected chi connectivity index (χ4v) is 3.02. The van der Waals surface area contributed by atoms with Crippen LogP contribution in [0.15, 0.2) is 29.2 Å². The number of amides is 1. The van der Waals surface area contributed by atoms with Crippen molar-refractivity contribution >= 4 is 15.9 Å². The summed E-state index contributed by atoms with van der Waals surface area (Å²) in [6.45, 7) is 4.20. The third-order valence-electron chi connectivity index (χ3n) is 3.40. The molecule has 0 spiro atoms. The molecule has 0 aliphatic rings. The van der Waals surface area contributed by atoms with Gasteiger partial charge in [0.2, 0.25) is 15.9 Å². The van der Waals surface area contributed by atoms with Gasteiger partial charge in [-0.15, -0.1) is 0 Å². The minimum absolute atomic E-state index is 0.415. The topological polar surface area (TPSA) is 66.5 Å². The van der Waals surface area contributed by atoms with Crippen molar-refractivity contribution in [2.75, 3.05) is 19.6 Å². The number of hydrogen-bond acceptors (Lipinski definition) is 3. The first-order chi connectivity index (χ1) is 11.1. The molecule has 0 aliphatic heterocycles. The smallest absolute Gasteiger partial charge is 0.342 e. The molecule has 1 amide bonds. The van der Waals surface area contributed by atoms with Crippen LogP contribution in [0.1, 0.15) is 32.3 Å². The fourth-order valence-electron chi connectivity index (χ4n) is 2.00. The SMILES string of the molecule is CCCCN(CC)C(=O)CNS(=O)(=O)c1cccc(C(F)(F)F)c1. The van der Waals surface area contributed by atoms with Crippen LogP contribution in [0.5, 0.6) is 0 Å². The molecule has 136 valence electrons. The van der Waals surface area contributed by atoms with Crippen molar-refractivity contribution in [1.29, 1.82) is 0 Å². The molecule has 1 rings (SSSR count). The number of likely N-dealkylation sites (N-methyl/N-ethyl adjacent to an activating group) is 1. The van der Waals surface area contributed by atoms with Crippen molar-refractivity contribution in [2.24, 2.45) is 0 Å². The third-order valence-corrected chi connectivity index (χ3v) is 4.80. The molecule has 0 aromatic heterocycles. The van der Waals surface area contributed by atoms with E-state index in [1.165, 1.54) is 4.90 Å². The number of carbonyl (C=O) groups excluding carboxylic acids is 1. The number of unbranched alkanes of at least 4 members (excludes halogenated alkanes) is 1. The molecule has 0 saturated heterocycles. The van der Waals surface area contributed by atoms with Crippen molar-refractivity contribution < 1.29 is 26.4 Å². The summed E-state index contributed by atoms with van der Waals surface area (Å²) in [5, 5.41) is 0. The molecule has 9 heteroatoms. The number of halogens is 3. The summed E-state index contributed by atoms with van der Waals surface area (Å²) in [7, 11) is -4.20. The largest absolute Gasteiger partial charge is 0.416 e. The lowest BCUT2D eigenvalue weighted by Gasteiger charge is -2.20. The second kappa shape index (κ2) is 8.48. The fraction of sp³-hybridized carbons (Fsp3) is 0.533. The van der Waals surface area contributed by atoms with Crippen LogP contribution in [0.2, 0.25) is 0 Å². The molecule has 0 atom stereocenters. The van der Waals surface area contributed by atoms with E-state index in [9.17, 15) is 26.4 Å². The molecule has 5 nitrogen and oxygen atoms in total. The molecule has 0 unspecified atom stereocenters. The molecular formula is C15H21F3N2O3S. The number of nitrogens with one attached hydrogen (secondary N) is 1. The Kier molecular flexibility index (Phi) is 7.22. The van der Waals surface area contributed by atoms with Gasteiger partial charge >= 0.3 is 6.18 Å². The highest BCUT2D eigenvalue weighted by molar-refractivity contribution is 7.89.